The average molecular weight is 495 g/mol. The smallest absolute Gasteiger partial charge is 0.276 e. The highest BCUT2D eigenvalue weighted by Gasteiger charge is 2.41. The normalized spacial score (nSPS) is 23.6. The minimum Gasteiger partial charge on any atom is -0.380 e. The molecular formula is C23H25N7O6. The number of carbonyl (C=O) groups excluding carboxylic acids is 5. The molecule has 0 aliphatic carbocycles. The maximum Gasteiger partial charge on any atom is 0.276 e. The molecule has 2 fully saturated rings. The Bertz CT molecular complexity index is 1270. The number of piperidine rings is 1. The van der Waals surface area contributed by atoms with Crippen molar-refractivity contribution in [3.05, 3.63) is 41.2 Å². The van der Waals surface area contributed by atoms with Gasteiger partial charge in [0.05, 0.1) is 18.0 Å². The zero-order chi connectivity index (χ0) is 25.6. The molecule has 13 heteroatoms. The van der Waals surface area contributed by atoms with Crippen LogP contribution >= 0.6 is 0 Å². The molecule has 188 valence electrons. The Balaban J connectivity index is 1.34. The van der Waals surface area contributed by atoms with Gasteiger partial charge in [0.25, 0.3) is 11.8 Å². The van der Waals surface area contributed by atoms with Crippen molar-refractivity contribution in [1.29, 1.82) is 0 Å². The van der Waals surface area contributed by atoms with Gasteiger partial charge in [-0.1, -0.05) is 5.21 Å². The van der Waals surface area contributed by atoms with Crippen molar-refractivity contribution >= 4 is 29.5 Å². The predicted molar refractivity (Wildman–Crippen MR) is 122 cm³/mol. The van der Waals surface area contributed by atoms with E-state index in [1.807, 2.05) is 0 Å². The van der Waals surface area contributed by atoms with Crippen molar-refractivity contribution in [3.8, 4) is 5.69 Å². The highest BCUT2D eigenvalue weighted by atomic mass is 16.5. The molecule has 2 saturated heterocycles. The highest BCUT2D eigenvalue weighted by Crippen LogP contribution is 2.29. The van der Waals surface area contributed by atoms with Gasteiger partial charge in [-0.15, -0.1) is 5.10 Å². The van der Waals surface area contributed by atoms with Crippen molar-refractivity contribution < 1.29 is 28.7 Å². The molecule has 5 rings (SSSR count). The third-order valence-corrected chi connectivity index (χ3v) is 6.89. The Hall–Kier alpha value is -4.13. The first-order chi connectivity index (χ1) is 17.3. The number of hydrogen-bond acceptors (Lipinski definition) is 8. The Labute approximate surface area is 205 Å². The number of nitrogens with zero attached hydrogens (tertiary/aromatic N) is 5. The van der Waals surface area contributed by atoms with Gasteiger partial charge < -0.3 is 19.9 Å². The summed E-state index contributed by atoms with van der Waals surface area (Å²) in [6.07, 6.45) is 2.06. The lowest BCUT2D eigenvalue weighted by Crippen LogP contribution is -2.52. The number of likely N-dealkylation sites (tertiary alicyclic amines) is 1. The van der Waals surface area contributed by atoms with Crippen molar-refractivity contribution in [1.82, 2.24) is 35.4 Å². The number of imide groups is 1. The molecule has 2 N–H and O–H groups in total. The Morgan fingerprint density at radius 2 is 2.03 bits per heavy atom. The maximum absolute atomic E-state index is 13.1. The summed E-state index contributed by atoms with van der Waals surface area (Å²) in [4.78, 5) is 65.0. The van der Waals surface area contributed by atoms with Crippen LogP contribution in [0.25, 0.3) is 5.69 Å². The van der Waals surface area contributed by atoms with Gasteiger partial charge in [-0.3, -0.25) is 29.3 Å². The summed E-state index contributed by atoms with van der Waals surface area (Å²) in [5, 5.41) is 12.9. The van der Waals surface area contributed by atoms with Crippen molar-refractivity contribution in [3.63, 3.8) is 0 Å². The molecule has 0 bridgehead atoms. The summed E-state index contributed by atoms with van der Waals surface area (Å²) in [5.41, 5.74) is 1.82. The summed E-state index contributed by atoms with van der Waals surface area (Å²) < 4.78 is 6.78. The Morgan fingerprint density at radius 3 is 2.75 bits per heavy atom. The van der Waals surface area contributed by atoms with Gasteiger partial charge in [0.1, 0.15) is 12.1 Å². The number of benzene rings is 1. The lowest BCUT2D eigenvalue weighted by Gasteiger charge is -2.29. The topological polar surface area (TPSA) is 156 Å². The summed E-state index contributed by atoms with van der Waals surface area (Å²) in [5.74, 6) is -1.80. The average Bonchev–Trinajstić information content (AvgIpc) is 3.61. The fraction of sp³-hybridized carbons (Fsp3) is 0.435. The van der Waals surface area contributed by atoms with Crippen LogP contribution < -0.4 is 10.6 Å². The van der Waals surface area contributed by atoms with E-state index >= 15 is 0 Å². The van der Waals surface area contributed by atoms with Crippen LogP contribution in [0.3, 0.4) is 0 Å². The molecule has 5 amide bonds. The molecule has 36 heavy (non-hydrogen) atoms. The first-order valence-electron chi connectivity index (χ1n) is 11.6. The number of hydrogen-bond donors (Lipinski definition) is 2. The summed E-state index contributed by atoms with van der Waals surface area (Å²) >= 11 is 0. The van der Waals surface area contributed by atoms with Gasteiger partial charge >= 0.3 is 0 Å². The number of rotatable bonds is 5. The number of aromatic nitrogens is 3. The van der Waals surface area contributed by atoms with E-state index in [4.69, 9.17) is 4.74 Å². The van der Waals surface area contributed by atoms with E-state index in [9.17, 15) is 24.0 Å². The molecular weight excluding hydrogens is 470 g/mol. The zero-order valence-electron chi connectivity index (χ0n) is 19.8. The highest BCUT2D eigenvalue weighted by molar-refractivity contribution is 6.05. The molecule has 3 atom stereocenters. The summed E-state index contributed by atoms with van der Waals surface area (Å²) in [7, 11) is 3.05. The van der Waals surface area contributed by atoms with Gasteiger partial charge in [-0.2, -0.15) is 0 Å². The number of carbonyl (C=O) groups is 5. The van der Waals surface area contributed by atoms with Gasteiger partial charge in [0.2, 0.25) is 17.7 Å². The molecule has 3 aliphatic rings. The lowest BCUT2D eigenvalue weighted by atomic mass is 10.0. The third-order valence-electron chi connectivity index (χ3n) is 6.89. The van der Waals surface area contributed by atoms with Gasteiger partial charge in [0, 0.05) is 45.7 Å². The Morgan fingerprint density at radius 1 is 1.22 bits per heavy atom. The molecule has 4 heterocycles. The lowest BCUT2D eigenvalue weighted by molar-refractivity contribution is -0.137. The standard InChI is InChI=1S/C23H25N7O6/c1-24-20(32)18-8-14(36-2)10-29(18)23(35)16-11-30(27-26-16)13-3-4-15-12(7-13)9-28(22(15)34)17-5-6-19(31)25-21(17)33/h3-4,7,11,14,17-18H,5-6,8-10H2,1-2H3,(H,24,32)(H,25,31,33)/t14-,17?,18-/m1/s1. The number of fused-ring (bicyclic) bond motifs is 1. The SMILES string of the molecule is CNC(=O)[C@H]1C[C@@H](OC)CN1C(=O)c1cn(-c2ccc3c(c2)CN(C2CCC(=O)NC2=O)C3=O)nn1. The molecule has 1 aromatic heterocycles. The van der Waals surface area contributed by atoms with Crippen LogP contribution in [0, 0.1) is 0 Å². The van der Waals surface area contributed by atoms with E-state index in [0.717, 1.165) is 0 Å². The minimum atomic E-state index is -0.703. The summed E-state index contributed by atoms with van der Waals surface area (Å²) in [6, 6.07) is 3.71. The van der Waals surface area contributed by atoms with Gasteiger partial charge in [0.15, 0.2) is 5.69 Å². The molecule has 0 radical (unpaired) electrons. The zero-order valence-corrected chi connectivity index (χ0v) is 19.8. The fourth-order valence-electron chi connectivity index (χ4n) is 4.95. The Kier molecular flexibility index (Phi) is 6.00. The van der Waals surface area contributed by atoms with E-state index in [0.29, 0.717) is 23.2 Å². The number of nitrogens with one attached hydrogen (secondary N) is 2. The van der Waals surface area contributed by atoms with Crippen LogP contribution in [-0.4, -0.2) is 93.2 Å². The van der Waals surface area contributed by atoms with Crippen LogP contribution in [0.15, 0.2) is 24.4 Å². The number of amides is 5. The first-order valence-corrected chi connectivity index (χ1v) is 11.6. The monoisotopic (exact) mass is 495 g/mol. The quantitative estimate of drug-likeness (QED) is 0.501. The second kappa shape index (κ2) is 9.15. The first kappa shape index (κ1) is 23.6. The van der Waals surface area contributed by atoms with E-state index in [-0.39, 0.29) is 55.5 Å². The number of likely N-dealkylation sites (N-methyl/N-ethyl adjacent to an activating group) is 1. The van der Waals surface area contributed by atoms with Crippen molar-refractivity contribution in [2.45, 2.75) is 44.0 Å². The third kappa shape index (κ3) is 4.00. The number of methoxy groups -OCH3 is 1. The molecule has 13 nitrogen and oxygen atoms in total. The largest absolute Gasteiger partial charge is 0.380 e. The predicted octanol–water partition coefficient (Wildman–Crippen LogP) is -0.996. The molecule has 0 saturated carbocycles. The van der Waals surface area contributed by atoms with Crippen molar-refractivity contribution in [2.75, 3.05) is 20.7 Å². The van der Waals surface area contributed by atoms with E-state index in [1.165, 1.54) is 34.8 Å². The van der Waals surface area contributed by atoms with E-state index in [2.05, 4.69) is 20.9 Å². The van der Waals surface area contributed by atoms with Crippen LogP contribution in [0.1, 0.15) is 45.7 Å². The van der Waals surface area contributed by atoms with Crippen LogP contribution in [0.2, 0.25) is 0 Å². The van der Waals surface area contributed by atoms with Crippen LogP contribution in [0.4, 0.5) is 0 Å². The second-order valence-corrected chi connectivity index (χ2v) is 8.97. The fourth-order valence-corrected chi connectivity index (χ4v) is 4.95. The van der Waals surface area contributed by atoms with E-state index < -0.39 is 23.9 Å². The van der Waals surface area contributed by atoms with Crippen molar-refractivity contribution in [2.24, 2.45) is 0 Å². The van der Waals surface area contributed by atoms with Crippen LogP contribution in [0.5, 0.6) is 0 Å². The minimum absolute atomic E-state index is 0.0717. The van der Waals surface area contributed by atoms with Gasteiger partial charge in [-0.05, 0) is 30.2 Å². The van der Waals surface area contributed by atoms with Gasteiger partial charge in [-0.25, -0.2) is 4.68 Å². The molecule has 1 aromatic carbocycles. The second-order valence-electron chi connectivity index (χ2n) is 8.97. The molecule has 3 aliphatic heterocycles. The molecule has 2 aromatic rings. The van der Waals surface area contributed by atoms with Crippen LogP contribution in [-0.2, 0) is 25.7 Å². The summed E-state index contributed by atoms with van der Waals surface area (Å²) in [6.45, 7) is 0.478. The van der Waals surface area contributed by atoms with E-state index in [1.54, 1.807) is 18.2 Å². The maximum atomic E-state index is 13.1. The molecule has 0 spiro atoms. The number of ether oxygens (including phenoxy) is 1. The molecule has 1 unspecified atom stereocenters.